The third-order valence-electron chi connectivity index (χ3n) is 12.1. The Bertz CT molecular complexity index is 3720. The second-order valence-corrected chi connectivity index (χ2v) is 16.1. The van der Waals surface area contributed by atoms with Crippen molar-refractivity contribution in [3.05, 3.63) is 206 Å². The van der Waals surface area contributed by atoms with E-state index in [1.165, 1.54) is 21.9 Å². The third kappa shape index (κ3) is 6.35. The average Bonchev–Trinajstić information content (AvgIpc) is 4.11. The van der Waals surface area contributed by atoms with E-state index in [0.717, 1.165) is 77.5 Å². The van der Waals surface area contributed by atoms with Crippen molar-refractivity contribution in [2.75, 3.05) is 0 Å². The maximum atomic E-state index is 6.09. The van der Waals surface area contributed by atoms with Crippen molar-refractivity contribution in [3.8, 4) is 73.9 Å². The van der Waals surface area contributed by atoms with Crippen LogP contribution in [0.4, 0.5) is 0 Å². The highest BCUT2D eigenvalue weighted by Crippen LogP contribution is 2.39. The maximum Gasteiger partial charge on any atom is 0.227 e. The van der Waals surface area contributed by atoms with Gasteiger partial charge in [-0.1, -0.05) is 127 Å². The van der Waals surface area contributed by atoms with E-state index in [0.29, 0.717) is 29.3 Å². The minimum Gasteiger partial charge on any atom is -0.436 e. The van der Waals surface area contributed by atoms with E-state index in [2.05, 4.69) is 108 Å². The van der Waals surface area contributed by atoms with Crippen LogP contribution in [0, 0.1) is 0 Å². The van der Waals surface area contributed by atoms with Crippen LogP contribution in [0.5, 0.6) is 0 Å². The highest BCUT2D eigenvalue weighted by atomic mass is 16.4. The van der Waals surface area contributed by atoms with Gasteiger partial charge in [0.05, 0.1) is 11.0 Å². The number of hydrogen-bond acceptors (Lipinski definition) is 7. The van der Waals surface area contributed by atoms with Crippen LogP contribution in [0.3, 0.4) is 0 Å². The van der Waals surface area contributed by atoms with Crippen LogP contribution in [-0.4, -0.2) is 29.5 Å². The largest absolute Gasteiger partial charge is 0.436 e. The fourth-order valence-corrected chi connectivity index (χ4v) is 8.92. The third-order valence-corrected chi connectivity index (χ3v) is 12.1. The highest BCUT2D eigenvalue weighted by molar-refractivity contribution is 6.21. The molecular formula is C57H34N6O2. The van der Waals surface area contributed by atoms with Crippen molar-refractivity contribution < 1.29 is 8.83 Å². The van der Waals surface area contributed by atoms with Gasteiger partial charge in [0.1, 0.15) is 11.0 Å². The highest BCUT2D eigenvalue weighted by Gasteiger charge is 2.19. The quantitative estimate of drug-likeness (QED) is 0.158. The van der Waals surface area contributed by atoms with Gasteiger partial charge in [-0.3, -0.25) is 0 Å². The van der Waals surface area contributed by atoms with Crippen molar-refractivity contribution in [1.29, 1.82) is 0 Å². The van der Waals surface area contributed by atoms with E-state index >= 15 is 0 Å². The minimum atomic E-state index is 0.547. The molecule has 0 N–H and O–H groups in total. The SMILES string of the molecule is c1ccc(-c2ccc(-n3c4ccccc4c4c5cc(-c6nc(-c7ccc(-c8nc9ccccc9o8)cc7)nc(-c7ccc(-c8nc9ccccc9o8)cc7)n6)ccc5ccc43)cc2)cc1. The molecule has 0 bridgehead atoms. The summed E-state index contributed by atoms with van der Waals surface area (Å²) < 4.78 is 14.5. The first-order valence-corrected chi connectivity index (χ1v) is 21.5. The lowest BCUT2D eigenvalue weighted by molar-refractivity contribution is 0.619. The molecule has 0 radical (unpaired) electrons. The van der Waals surface area contributed by atoms with Crippen molar-refractivity contribution in [1.82, 2.24) is 29.5 Å². The van der Waals surface area contributed by atoms with Crippen molar-refractivity contribution in [3.63, 3.8) is 0 Å². The second-order valence-electron chi connectivity index (χ2n) is 16.1. The monoisotopic (exact) mass is 834 g/mol. The molecular weight excluding hydrogens is 801 g/mol. The molecule has 0 saturated heterocycles. The zero-order chi connectivity index (χ0) is 42.8. The van der Waals surface area contributed by atoms with Crippen LogP contribution >= 0.6 is 0 Å². The van der Waals surface area contributed by atoms with Crippen LogP contribution in [0.15, 0.2) is 215 Å². The molecule has 0 atom stereocenters. The molecule has 4 aromatic heterocycles. The molecule has 304 valence electrons. The Labute approximate surface area is 371 Å². The Balaban J connectivity index is 0.941. The zero-order valence-corrected chi connectivity index (χ0v) is 34.6. The van der Waals surface area contributed by atoms with Gasteiger partial charge < -0.3 is 13.4 Å². The normalized spacial score (nSPS) is 11.7. The van der Waals surface area contributed by atoms with Gasteiger partial charge in [-0.2, -0.15) is 0 Å². The molecule has 9 aromatic carbocycles. The molecule has 13 aromatic rings. The molecule has 13 rings (SSSR count). The summed E-state index contributed by atoms with van der Waals surface area (Å²) in [6.45, 7) is 0. The molecule has 0 aliphatic carbocycles. The van der Waals surface area contributed by atoms with Gasteiger partial charge in [0.2, 0.25) is 11.8 Å². The summed E-state index contributed by atoms with van der Waals surface area (Å²) in [4.78, 5) is 24.8. The average molecular weight is 835 g/mol. The fraction of sp³-hybridized carbons (Fsp3) is 0. The van der Waals surface area contributed by atoms with E-state index in [9.17, 15) is 0 Å². The van der Waals surface area contributed by atoms with Gasteiger partial charge in [0.25, 0.3) is 0 Å². The lowest BCUT2D eigenvalue weighted by atomic mass is 10.0. The maximum absolute atomic E-state index is 6.09. The van der Waals surface area contributed by atoms with Crippen LogP contribution in [-0.2, 0) is 0 Å². The number of aromatic nitrogens is 6. The lowest BCUT2D eigenvalue weighted by Gasteiger charge is -2.11. The smallest absolute Gasteiger partial charge is 0.227 e. The van der Waals surface area contributed by atoms with E-state index in [1.807, 2.05) is 103 Å². The Hall–Kier alpha value is -9.01. The number of oxazole rings is 2. The summed E-state index contributed by atoms with van der Waals surface area (Å²) in [6.07, 6.45) is 0. The number of nitrogens with zero attached hydrogens (tertiary/aromatic N) is 6. The molecule has 4 heterocycles. The van der Waals surface area contributed by atoms with Crippen molar-refractivity contribution >= 4 is 54.8 Å². The Morgan fingerprint density at radius 2 is 0.800 bits per heavy atom. The van der Waals surface area contributed by atoms with Gasteiger partial charge in [-0.25, -0.2) is 24.9 Å². The number of fused-ring (bicyclic) bond motifs is 7. The Morgan fingerprint density at radius 1 is 0.323 bits per heavy atom. The number of para-hydroxylation sites is 5. The van der Waals surface area contributed by atoms with Crippen molar-refractivity contribution in [2.24, 2.45) is 0 Å². The predicted octanol–water partition coefficient (Wildman–Crippen LogP) is 14.4. The number of rotatable bonds is 7. The summed E-state index contributed by atoms with van der Waals surface area (Å²) in [5, 5.41) is 4.59. The Morgan fingerprint density at radius 3 is 1.42 bits per heavy atom. The first kappa shape index (κ1) is 36.6. The van der Waals surface area contributed by atoms with Crippen molar-refractivity contribution in [2.45, 2.75) is 0 Å². The number of hydrogen-bond donors (Lipinski definition) is 0. The van der Waals surface area contributed by atoms with E-state index < -0.39 is 0 Å². The van der Waals surface area contributed by atoms with Gasteiger partial charge in [0, 0.05) is 44.3 Å². The van der Waals surface area contributed by atoms with Crippen LogP contribution < -0.4 is 0 Å². The molecule has 0 unspecified atom stereocenters. The standard InChI is InChI=1S/C57H34N6O2/c1-2-10-35(11-3-1)36-28-31-43(32-29-36)63-48-15-7-4-12-44(48)52-45-34-42(27-18-37(45)30-33-49(52)63)55-61-53(38-19-23-40(24-20-38)56-58-46-13-5-8-16-50(46)64-56)60-54(62-55)39-21-25-41(26-22-39)57-59-47-14-6-9-17-51(47)65-57/h1-34H. The summed E-state index contributed by atoms with van der Waals surface area (Å²) in [6, 6.07) is 70.5. The minimum absolute atomic E-state index is 0.547. The van der Waals surface area contributed by atoms with Crippen LogP contribution in [0.1, 0.15) is 0 Å². The Kier molecular flexibility index (Phi) is 8.35. The van der Waals surface area contributed by atoms with E-state index in [-0.39, 0.29) is 0 Å². The van der Waals surface area contributed by atoms with Gasteiger partial charge in [-0.15, -0.1) is 0 Å². The second kappa shape index (κ2) is 14.8. The molecule has 65 heavy (non-hydrogen) atoms. The molecule has 0 aliphatic heterocycles. The number of benzene rings is 9. The lowest BCUT2D eigenvalue weighted by Crippen LogP contribution is -2.00. The molecule has 0 spiro atoms. The van der Waals surface area contributed by atoms with Gasteiger partial charge in [0.15, 0.2) is 28.6 Å². The molecule has 0 amide bonds. The molecule has 0 fully saturated rings. The van der Waals surface area contributed by atoms with Crippen LogP contribution in [0.2, 0.25) is 0 Å². The van der Waals surface area contributed by atoms with Gasteiger partial charge >= 0.3 is 0 Å². The summed E-state index contributed by atoms with van der Waals surface area (Å²) in [5.74, 6) is 2.77. The molecule has 8 heteroatoms. The fourth-order valence-electron chi connectivity index (χ4n) is 8.92. The molecule has 8 nitrogen and oxygen atoms in total. The summed E-state index contributed by atoms with van der Waals surface area (Å²) >= 11 is 0. The van der Waals surface area contributed by atoms with Gasteiger partial charge in [-0.05, 0) is 101 Å². The first-order valence-electron chi connectivity index (χ1n) is 21.5. The molecule has 0 aliphatic rings. The first-order chi connectivity index (χ1) is 32.2. The topological polar surface area (TPSA) is 95.7 Å². The summed E-state index contributed by atoms with van der Waals surface area (Å²) in [7, 11) is 0. The molecule has 0 saturated carbocycles. The predicted molar refractivity (Wildman–Crippen MR) is 259 cm³/mol. The van der Waals surface area contributed by atoms with E-state index in [1.54, 1.807) is 0 Å². The van der Waals surface area contributed by atoms with Crippen LogP contribution in [0.25, 0.3) is 129 Å². The zero-order valence-electron chi connectivity index (χ0n) is 34.6. The van der Waals surface area contributed by atoms with E-state index in [4.69, 9.17) is 33.8 Å². The summed E-state index contributed by atoms with van der Waals surface area (Å²) in [5.41, 5.74) is 13.1.